The third-order valence-electron chi connectivity index (χ3n) is 5.91. The fourth-order valence-electron chi connectivity index (χ4n) is 4.20. The molecule has 2 fully saturated rings. The lowest BCUT2D eigenvalue weighted by Gasteiger charge is -2.33. The van der Waals surface area contributed by atoms with Gasteiger partial charge in [-0.25, -0.2) is 0 Å². The zero-order valence-corrected chi connectivity index (χ0v) is 16.1. The van der Waals surface area contributed by atoms with Crippen molar-refractivity contribution in [2.24, 2.45) is 17.8 Å². The number of hydrogen-bond acceptors (Lipinski definition) is 4. The number of rotatable bonds is 8. The predicted molar refractivity (Wildman–Crippen MR) is 98.1 cm³/mol. The summed E-state index contributed by atoms with van der Waals surface area (Å²) in [5, 5.41) is 0. The molecule has 0 aromatic carbocycles. The Bertz CT molecular complexity index is 420. The van der Waals surface area contributed by atoms with Gasteiger partial charge in [0.05, 0.1) is 18.4 Å². The molecule has 4 heteroatoms. The van der Waals surface area contributed by atoms with Crippen molar-refractivity contribution < 1.29 is 19.1 Å². The highest BCUT2D eigenvalue weighted by Crippen LogP contribution is 2.34. The van der Waals surface area contributed by atoms with Crippen LogP contribution in [0.3, 0.4) is 0 Å². The summed E-state index contributed by atoms with van der Waals surface area (Å²) in [6.45, 7) is 4.81. The van der Waals surface area contributed by atoms with Crippen molar-refractivity contribution in [1.29, 1.82) is 0 Å². The molecule has 2 rings (SSSR count). The van der Waals surface area contributed by atoms with Crippen molar-refractivity contribution in [2.45, 2.75) is 97.0 Å². The number of ether oxygens (including phenoxy) is 2. The Kier molecular flexibility index (Phi) is 8.77. The minimum absolute atomic E-state index is 0.0360. The van der Waals surface area contributed by atoms with Crippen LogP contribution < -0.4 is 0 Å². The molecule has 0 amide bonds. The first-order valence-electron chi connectivity index (χ1n) is 10.5. The first-order chi connectivity index (χ1) is 12.1. The van der Waals surface area contributed by atoms with Crippen molar-refractivity contribution in [1.82, 2.24) is 0 Å². The van der Waals surface area contributed by atoms with E-state index in [9.17, 15) is 9.59 Å². The van der Waals surface area contributed by atoms with E-state index in [0.717, 1.165) is 57.8 Å². The maximum atomic E-state index is 12.7. The van der Waals surface area contributed by atoms with E-state index in [-0.39, 0.29) is 29.9 Å². The Hall–Kier alpha value is -1.06. The van der Waals surface area contributed by atoms with Crippen LogP contribution in [0.25, 0.3) is 0 Å². The average Bonchev–Trinajstić information content (AvgIpc) is 2.63. The topological polar surface area (TPSA) is 52.6 Å². The highest BCUT2D eigenvalue weighted by molar-refractivity contribution is 5.82. The second-order valence-electron chi connectivity index (χ2n) is 7.96. The van der Waals surface area contributed by atoms with Crippen LogP contribution in [0.2, 0.25) is 0 Å². The van der Waals surface area contributed by atoms with Gasteiger partial charge in [-0.15, -0.1) is 0 Å². The molecule has 0 radical (unpaired) electrons. The summed E-state index contributed by atoms with van der Waals surface area (Å²) in [6, 6.07) is 0. The van der Waals surface area contributed by atoms with Gasteiger partial charge in [0.15, 0.2) is 0 Å². The van der Waals surface area contributed by atoms with Crippen LogP contribution in [0, 0.1) is 17.8 Å². The van der Waals surface area contributed by atoms with Crippen LogP contribution in [0.15, 0.2) is 0 Å². The molecule has 2 aliphatic rings. The minimum Gasteiger partial charge on any atom is -0.465 e. The Balaban J connectivity index is 1.83. The van der Waals surface area contributed by atoms with E-state index in [0.29, 0.717) is 12.5 Å². The van der Waals surface area contributed by atoms with Crippen molar-refractivity contribution in [2.75, 3.05) is 6.61 Å². The molecule has 0 aliphatic heterocycles. The van der Waals surface area contributed by atoms with E-state index < -0.39 is 0 Å². The van der Waals surface area contributed by atoms with E-state index in [4.69, 9.17) is 9.47 Å². The molecular formula is C21H36O4. The molecule has 0 aromatic heterocycles. The predicted octanol–water partition coefficient (Wildman–Crippen LogP) is 5.04. The van der Waals surface area contributed by atoms with E-state index in [1.54, 1.807) is 0 Å². The molecule has 0 aromatic rings. The van der Waals surface area contributed by atoms with Gasteiger partial charge in [-0.05, 0) is 44.4 Å². The Morgan fingerprint density at radius 2 is 1.48 bits per heavy atom. The summed E-state index contributed by atoms with van der Waals surface area (Å²) in [5.74, 6) is -0.510. The lowest BCUT2D eigenvalue weighted by Crippen LogP contribution is -2.38. The molecule has 2 saturated carbocycles. The number of carbonyl (C=O) groups is 2. The third-order valence-corrected chi connectivity index (χ3v) is 5.91. The number of esters is 2. The van der Waals surface area contributed by atoms with Gasteiger partial charge in [0.25, 0.3) is 0 Å². The Morgan fingerprint density at radius 1 is 0.840 bits per heavy atom. The molecule has 2 aliphatic carbocycles. The molecule has 25 heavy (non-hydrogen) atoms. The van der Waals surface area contributed by atoms with Crippen LogP contribution in [-0.4, -0.2) is 24.6 Å². The third kappa shape index (κ3) is 6.31. The summed E-state index contributed by atoms with van der Waals surface area (Å²) >= 11 is 0. The van der Waals surface area contributed by atoms with Crippen LogP contribution in [0.1, 0.15) is 90.9 Å². The summed E-state index contributed by atoms with van der Waals surface area (Å²) in [4.78, 5) is 25.2. The van der Waals surface area contributed by atoms with E-state index >= 15 is 0 Å². The molecular weight excluding hydrogens is 316 g/mol. The highest BCUT2D eigenvalue weighted by atomic mass is 16.5. The van der Waals surface area contributed by atoms with Gasteiger partial charge in [-0.2, -0.15) is 0 Å². The Morgan fingerprint density at radius 3 is 2.16 bits per heavy atom. The largest absolute Gasteiger partial charge is 0.465 e. The van der Waals surface area contributed by atoms with E-state index in [1.165, 1.54) is 19.3 Å². The molecule has 4 unspecified atom stereocenters. The number of hydrogen-bond donors (Lipinski definition) is 0. The summed E-state index contributed by atoms with van der Waals surface area (Å²) in [5.41, 5.74) is 0. The quantitative estimate of drug-likeness (QED) is 0.454. The zero-order chi connectivity index (χ0) is 18.1. The first-order valence-corrected chi connectivity index (χ1v) is 10.5. The van der Waals surface area contributed by atoms with Crippen LogP contribution >= 0.6 is 0 Å². The monoisotopic (exact) mass is 352 g/mol. The highest BCUT2D eigenvalue weighted by Gasteiger charge is 2.39. The van der Waals surface area contributed by atoms with Gasteiger partial charge in [-0.3, -0.25) is 9.59 Å². The lowest BCUT2D eigenvalue weighted by atomic mass is 9.79. The second-order valence-corrected chi connectivity index (χ2v) is 7.96. The molecule has 0 bridgehead atoms. The van der Waals surface area contributed by atoms with Gasteiger partial charge in [0.1, 0.15) is 6.10 Å². The van der Waals surface area contributed by atoms with Crippen molar-refractivity contribution >= 4 is 11.9 Å². The molecule has 0 saturated heterocycles. The molecule has 144 valence electrons. The lowest BCUT2D eigenvalue weighted by molar-refractivity contribution is -0.168. The zero-order valence-electron chi connectivity index (χ0n) is 16.1. The number of carbonyl (C=O) groups excluding carboxylic acids is 2. The van der Waals surface area contributed by atoms with Gasteiger partial charge < -0.3 is 9.47 Å². The standard InChI is InChI=1S/C21H36O4/c1-3-4-5-10-15-24-20(22)17-12-7-8-13-18(17)21(23)25-19-14-9-6-11-16(19)2/h16-19H,3-15H2,1-2H3. The van der Waals surface area contributed by atoms with Crippen molar-refractivity contribution in [3.63, 3.8) is 0 Å². The molecule has 0 N–H and O–H groups in total. The van der Waals surface area contributed by atoms with Crippen molar-refractivity contribution in [3.05, 3.63) is 0 Å². The average molecular weight is 353 g/mol. The smallest absolute Gasteiger partial charge is 0.310 e. The summed E-state index contributed by atoms with van der Waals surface area (Å²) in [6.07, 6.45) is 12.4. The first kappa shape index (κ1) is 20.3. The molecule has 0 spiro atoms. The SMILES string of the molecule is CCCCCCOC(=O)C1CCCCC1C(=O)OC1CCCCC1C. The molecule has 4 nitrogen and oxygen atoms in total. The maximum Gasteiger partial charge on any atom is 0.310 e. The maximum absolute atomic E-state index is 12.7. The molecule has 4 atom stereocenters. The van der Waals surface area contributed by atoms with Gasteiger partial charge in [-0.1, -0.05) is 52.4 Å². The van der Waals surface area contributed by atoms with Gasteiger partial charge in [0, 0.05) is 0 Å². The van der Waals surface area contributed by atoms with E-state index in [2.05, 4.69) is 13.8 Å². The fraction of sp³-hybridized carbons (Fsp3) is 0.905. The van der Waals surface area contributed by atoms with Crippen molar-refractivity contribution in [3.8, 4) is 0 Å². The molecule has 0 heterocycles. The minimum atomic E-state index is -0.300. The summed E-state index contributed by atoms with van der Waals surface area (Å²) in [7, 11) is 0. The normalized spacial score (nSPS) is 29.8. The van der Waals surface area contributed by atoms with Crippen LogP contribution in [0.4, 0.5) is 0 Å². The van der Waals surface area contributed by atoms with Gasteiger partial charge in [0.2, 0.25) is 0 Å². The Labute approximate surface area is 153 Å². The van der Waals surface area contributed by atoms with E-state index in [1.807, 2.05) is 0 Å². The van der Waals surface area contributed by atoms with Crippen LogP contribution in [0.5, 0.6) is 0 Å². The van der Waals surface area contributed by atoms with Crippen LogP contribution in [-0.2, 0) is 19.1 Å². The van der Waals surface area contributed by atoms with Gasteiger partial charge >= 0.3 is 11.9 Å². The number of unbranched alkanes of at least 4 members (excludes halogenated alkanes) is 3. The fourth-order valence-corrected chi connectivity index (χ4v) is 4.20. The second kappa shape index (κ2) is 10.8. The summed E-state index contributed by atoms with van der Waals surface area (Å²) < 4.78 is 11.3.